The average molecular weight is 204 g/mol. The molecule has 0 fully saturated rings. The maximum absolute atomic E-state index is 3.47. The Labute approximate surface area is 92.3 Å². The topological polar surface area (TPSA) is 15.3 Å². The quantitative estimate of drug-likeness (QED) is 0.759. The summed E-state index contributed by atoms with van der Waals surface area (Å²) < 4.78 is 0. The zero-order valence-corrected chi connectivity index (χ0v) is 9.71. The minimum absolute atomic E-state index is 1.09. The summed E-state index contributed by atoms with van der Waals surface area (Å²) >= 11 is 0. The molecular formula is C13H20N2. The van der Waals surface area contributed by atoms with E-state index in [9.17, 15) is 0 Å². The van der Waals surface area contributed by atoms with Gasteiger partial charge >= 0.3 is 0 Å². The van der Waals surface area contributed by atoms with Crippen molar-refractivity contribution in [3.63, 3.8) is 0 Å². The van der Waals surface area contributed by atoms with Crippen LogP contribution < -0.4 is 10.2 Å². The second kappa shape index (κ2) is 4.56. The van der Waals surface area contributed by atoms with E-state index in [4.69, 9.17) is 0 Å². The van der Waals surface area contributed by atoms with Crippen molar-refractivity contribution < 1.29 is 0 Å². The highest BCUT2D eigenvalue weighted by atomic mass is 15.1. The molecule has 1 aliphatic rings. The summed E-state index contributed by atoms with van der Waals surface area (Å²) in [6.45, 7) is 4.47. The van der Waals surface area contributed by atoms with E-state index in [1.807, 2.05) is 0 Å². The Hall–Kier alpha value is -1.18. The summed E-state index contributed by atoms with van der Waals surface area (Å²) in [4.78, 5) is 2.32. The number of nitrogens with one attached hydrogen (secondary N) is 1. The van der Waals surface area contributed by atoms with Crippen LogP contribution in [-0.2, 0) is 6.42 Å². The summed E-state index contributed by atoms with van der Waals surface area (Å²) in [7, 11) is 2.16. The average Bonchev–Trinajstić information content (AvgIpc) is 2.61. The highest BCUT2D eigenvalue weighted by Gasteiger charge is 2.14. The van der Waals surface area contributed by atoms with Crippen LogP contribution in [0.15, 0.2) is 18.2 Å². The van der Waals surface area contributed by atoms with Gasteiger partial charge in [0.05, 0.1) is 0 Å². The van der Waals surface area contributed by atoms with Crippen molar-refractivity contribution in [1.29, 1.82) is 0 Å². The third-order valence-electron chi connectivity index (χ3n) is 3.07. The maximum Gasteiger partial charge on any atom is 0.0398 e. The molecule has 2 heteroatoms. The Kier molecular flexibility index (Phi) is 3.14. The van der Waals surface area contributed by atoms with Gasteiger partial charge < -0.3 is 10.2 Å². The minimum atomic E-state index is 1.09. The van der Waals surface area contributed by atoms with Crippen LogP contribution in [0.2, 0.25) is 0 Å². The van der Waals surface area contributed by atoms with E-state index in [2.05, 4.69) is 42.4 Å². The number of fused-ring (bicyclic) bond motifs is 1. The Balaban J connectivity index is 2.03. The number of likely N-dealkylation sites (N-methyl/N-ethyl adjacent to an activating group) is 1. The molecule has 82 valence electrons. The third kappa shape index (κ3) is 2.25. The Morgan fingerprint density at radius 2 is 2.27 bits per heavy atom. The van der Waals surface area contributed by atoms with Crippen LogP contribution in [0.5, 0.6) is 0 Å². The predicted octanol–water partition coefficient (Wildman–Crippen LogP) is 2.89. The fraction of sp³-hybridized carbons (Fsp3) is 0.538. The van der Waals surface area contributed by atoms with Crippen LogP contribution in [0.25, 0.3) is 0 Å². The van der Waals surface area contributed by atoms with Crippen LogP contribution >= 0.6 is 0 Å². The number of hydrogen-bond donors (Lipinski definition) is 1. The largest absolute Gasteiger partial charge is 0.385 e. The fourth-order valence-electron chi connectivity index (χ4n) is 2.09. The highest BCUT2D eigenvalue weighted by Crippen LogP contribution is 2.28. The van der Waals surface area contributed by atoms with Crippen LogP contribution in [0, 0.1) is 0 Å². The van der Waals surface area contributed by atoms with E-state index in [0.29, 0.717) is 0 Å². The number of hydrogen-bond acceptors (Lipinski definition) is 2. The molecule has 2 nitrogen and oxygen atoms in total. The van der Waals surface area contributed by atoms with Crippen molar-refractivity contribution in [1.82, 2.24) is 0 Å². The lowest BCUT2D eigenvalue weighted by atomic mass is 10.1. The first-order valence-corrected chi connectivity index (χ1v) is 5.89. The van der Waals surface area contributed by atoms with Gasteiger partial charge in [-0.2, -0.15) is 0 Å². The number of benzene rings is 1. The molecule has 0 unspecified atom stereocenters. The molecule has 1 aliphatic heterocycles. The lowest BCUT2D eigenvalue weighted by Gasteiger charge is -2.12. The molecule has 0 aliphatic carbocycles. The van der Waals surface area contributed by atoms with Crippen molar-refractivity contribution in [3.05, 3.63) is 23.8 Å². The Morgan fingerprint density at radius 1 is 1.40 bits per heavy atom. The lowest BCUT2D eigenvalue weighted by molar-refractivity contribution is 0.834. The van der Waals surface area contributed by atoms with E-state index in [-0.39, 0.29) is 0 Å². The summed E-state index contributed by atoms with van der Waals surface area (Å²) in [6.07, 6.45) is 3.69. The second-order valence-electron chi connectivity index (χ2n) is 4.30. The lowest BCUT2D eigenvalue weighted by Crippen LogP contribution is -2.12. The van der Waals surface area contributed by atoms with Crippen molar-refractivity contribution in [2.24, 2.45) is 0 Å². The van der Waals surface area contributed by atoms with Crippen LogP contribution in [-0.4, -0.2) is 20.1 Å². The summed E-state index contributed by atoms with van der Waals surface area (Å²) in [5.41, 5.74) is 4.16. The first-order valence-electron chi connectivity index (χ1n) is 5.89. The van der Waals surface area contributed by atoms with Crippen LogP contribution in [0.1, 0.15) is 25.3 Å². The van der Waals surface area contributed by atoms with Gasteiger partial charge in [-0.25, -0.2) is 0 Å². The van der Waals surface area contributed by atoms with E-state index in [0.717, 1.165) is 13.1 Å². The summed E-state index contributed by atoms with van der Waals surface area (Å²) in [5, 5.41) is 3.47. The number of anilines is 2. The molecule has 0 saturated heterocycles. The predicted molar refractivity (Wildman–Crippen MR) is 66.8 cm³/mol. The molecule has 0 radical (unpaired) electrons. The standard InChI is InChI=1S/C13H20N2/c1-3-4-8-14-12-5-6-13-11(10-12)7-9-15(13)2/h5-6,10,14H,3-4,7-9H2,1-2H3. The Bertz CT molecular complexity index is 333. The van der Waals surface area contributed by atoms with E-state index in [1.54, 1.807) is 0 Å². The molecule has 1 heterocycles. The first-order chi connectivity index (χ1) is 7.31. The van der Waals surface area contributed by atoms with E-state index < -0.39 is 0 Å². The van der Waals surface area contributed by atoms with Gasteiger partial charge in [0.2, 0.25) is 0 Å². The molecule has 1 aromatic carbocycles. The van der Waals surface area contributed by atoms with Gasteiger partial charge in [0.15, 0.2) is 0 Å². The normalized spacial score (nSPS) is 14.1. The number of nitrogens with zero attached hydrogens (tertiary/aromatic N) is 1. The smallest absolute Gasteiger partial charge is 0.0398 e. The molecule has 0 atom stereocenters. The van der Waals surface area contributed by atoms with Crippen molar-refractivity contribution in [3.8, 4) is 0 Å². The van der Waals surface area contributed by atoms with Crippen molar-refractivity contribution in [2.45, 2.75) is 26.2 Å². The molecule has 15 heavy (non-hydrogen) atoms. The molecule has 0 aromatic heterocycles. The minimum Gasteiger partial charge on any atom is -0.385 e. The monoisotopic (exact) mass is 204 g/mol. The number of unbranched alkanes of at least 4 members (excludes halogenated alkanes) is 1. The molecule has 1 aromatic rings. The fourth-order valence-corrected chi connectivity index (χ4v) is 2.09. The summed E-state index contributed by atoms with van der Waals surface area (Å²) in [5.74, 6) is 0. The first kappa shape index (κ1) is 10.3. The molecule has 0 bridgehead atoms. The van der Waals surface area contributed by atoms with Gasteiger partial charge in [-0.1, -0.05) is 13.3 Å². The third-order valence-corrected chi connectivity index (χ3v) is 3.07. The zero-order chi connectivity index (χ0) is 10.7. The van der Waals surface area contributed by atoms with E-state index >= 15 is 0 Å². The number of rotatable bonds is 4. The van der Waals surface area contributed by atoms with E-state index in [1.165, 1.54) is 36.2 Å². The molecule has 2 rings (SSSR count). The van der Waals surface area contributed by atoms with Crippen molar-refractivity contribution >= 4 is 11.4 Å². The SMILES string of the molecule is CCCCNc1ccc2c(c1)CCN2C. The molecule has 0 spiro atoms. The van der Waals surface area contributed by atoms with Gasteiger partial charge in [-0.3, -0.25) is 0 Å². The van der Waals surface area contributed by atoms with Crippen molar-refractivity contribution in [2.75, 3.05) is 30.4 Å². The van der Waals surface area contributed by atoms with Gasteiger partial charge in [0.25, 0.3) is 0 Å². The maximum atomic E-state index is 3.47. The zero-order valence-electron chi connectivity index (χ0n) is 9.71. The van der Waals surface area contributed by atoms with Gasteiger partial charge in [-0.15, -0.1) is 0 Å². The van der Waals surface area contributed by atoms with Crippen LogP contribution in [0.3, 0.4) is 0 Å². The second-order valence-corrected chi connectivity index (χ2v) is 4.30. The molecular weight excluding hydrogens is 184 g/mol. The summed E-state index contributed by atoms with van der Waals surface area (Å²) in [6, 6.07) is 6.72. The van der Waals surface area contributed by atoms with Gasteiger partial charge in [0.1, 0.15) is 0 Å². The molecule has 0 saturated carbocycles. The van der Waals surface area contributed by atoms with Gasteiger partial charge in [0, 0.05) is 31.5 Å². The molecule has 1 N–H and O–H groups in total. The molecule has 0 amide bonds. The van der Waals surface area contributed by atoms with Gasteiger partial charge in [-0.05, 0) is 36.6 Å². The van der Waals surface area contributed by atoms with Crippen LogP contribution in [0.4, 0.5) is 11.4 Å². The Morgan fingerprint density at radius 3 is 3.07 bits per heavy atom. The highest BCUT2D eigenvalue weighted by molar-refractivity contribution is 5.63.